The van der Waals surface area contributed by atoms with E-state index in [9.17, 15) is 4.79 Å². The number of carbonyl (C=O) groups excluding carboxylic acids is 1. The van der Waals surface area contributed by atoms with Crippen molar-refractivity contribution >= 4 is 11.6 Å². The fourth-order valence-electron chi connectivity index (χ4n) is 3.31. The normalized spacial score (nSPS) is 20.4. The van der Waals surface area contributed by atoms with Crippen molar-refractivity contribution in [3.8, 4) is 5.75 Å². The maximum absolute atomic E-state index is 12.7. The largest absolute Gasteiger partial charge is 0.492 e. The first-order chi connectivity index (χ1) is 12.6. The van der Waals surface area contributed by atoms with Crippen molar-refractivity contribution in [1.29, 1.82) is 0 Å². The van der Waals surface area contributed by atoms with E-state index in [1.54, 1.807) is 0 Å². The van der Waals surface area contributed by atoms with E-state index in [0.717, 1.165) is 57.1 Å². The third kappa shape index (κ3) is 4.96. The lowest BCUT2D eigenvalue weighted by Crippen LogP contribution is -2.44. The standard InChI is InChI=1S/C20H30N2O4/c1-3-26-20(2,16-4-5-16)19(23)21-17-6-8-18(9-7-17)25-15-12-22-10-13-24-14-11-22/h6-9,16H,3-5,10-15H2,1-2H3,(H,21,23)/t20-/m1/s1. The van der Waals surface area contributed by atoms with Crippen LogP contribution in [-0.2, 0) is 14.3 Å². The molecular weight excluding hydrogens is 332 g/mol. The van der Waals surface area contributed by atoms with Crippen LogP contribution in [0.3, 0.4) is 0 Å². The molecule has 1 saturated heterocycles. The van der Waals surface area contributed by atoms with E-state index in [2.05, 4.69) is 10.2 Å². The molecule has 0 radical (unpaired) electrons. The first kappa shape index (κ1) is 19.1. The number of anilines is 1. The van der Waals surface area contributed by atoms with Crippen LogP contribution in [0.5, 0.6) is 5.75 Å². The van der Waals surface area contributed by atoms with Gasteiger partial charge in [-0.05, 0) is 56.9 Å². The highest BCUT2D eigenvalue weighted by Crippen LogP contribution is 2.42. The average molecular weight is 362 g/mol. The molecule has 1 N–H and O–H groups in total. The van der Waals surface area contributed by atoms with E-state index < -0.39 is 5.60 Å². The number of ether oxygens (including phenoxy) is 3. The Morgan fingerprint density at radius 3 is 2.58 bits per heavy atom. The quantitative estimate of drug-likeness (QED) is 0.732. The van der Waals surface area contributed by atoms with Gasteiger partial charge >= 0.3 is 0 Å². The van der Waals surface area contributed by atoms with E-state index in [4.69, 9.17) is 14.2 Å². The molecule has 2 fully saturated rings. The van der Waals surface area contributed by atoms with Crippen molar-refractivity contribution in [2.75, 3.05) is 51.4 Å². The molecule has 1 aromatic carbocycles. The number of amides is 1. The lowest BCUT2D eigenvalue weighted by atomic mass is 9.99. The second-order valence-corrected chi connectivity index (χ2v) is 7.10. The Bertz CT molecular complexity index is 582. The third-order valence-corrected chi connectivity index (χ3v) is 5.14. The Kier molecular flexibility index (Phi) is 6.51. The summed E-state index contributed by atoms with van der Waals surface area (Å²) in [7, 11) is 0. The summed E-state index contributed by atoms with van der Waals surface area (Å²) in [6, 6.07) is 7.54. The van der Waals surface area contributed by atoms with Crippen molar-refractivity contribution in [2.24, 2.45) is 5.92 Å². The SMILES string of the molecule is CCO[C@@](C)(C(=O)Nc1ccc(OCCN2CCOCC2)cc1)C1CC1. The molecule has 1 saturated carbocycles. The Morgan fingerprint density at radius 2 is 1.96 bits per heavy atom. The lowest BCUT2D eigenvalue weighted by molar-refractivity contribution is -0.141. The molecule has 1 atom stereocenters. The molecule has 6 heteroatoms. The maximum atomic E-state index is 12.7. The summed E-state index contributed by atoms with van der Waals surface area (Å²) in [6.07, 6.45) is 2.11. The van der Waals surface area contributed by atoms with Gasteiger partial charge < -0.3 is 19.5 Å². The van der Waals surface area contributed by atoms with Crippen molar-refractivity contribution in [1.82, 2.24) is 4.90 Å². The summed E-state index contributed by atoms with van der Waals surface area (Å²) in [5, 5.41) is 2.98. The third-order valence-electron chi connectivity index (χ3n) is 5.14. The summed E-state index contributed by atoms with van der Waals surface area (Å²) in [5.41, 5.74) is 0.0318. The van der Waals surface area contributed by atoms with Gasteiger partial charge in [-0.1, -0.05) is 0 Å². The van der Waals surface area contributed by atoms with Crippen LogP contribution in [0.15, 0.2) is 24.3 Å². The van der Waals surface area contributed by atoms with Gasteiger partial charge in [-0.3, -0.25) is 9.69 Å². The maximum Gasteiger partial charge on any atom is 0.256 e. The second-order valence-electron chi connectivity index (χ2n) is 7.10. The van der Waals surface area contributed by atoms with Gasteiger partial charge in [-0.2, -0.15) is 0 Å². The number of rotatable bonds is 9. The van der Waals surface area contributed by atoms with Crippen LogP contribution in [0, 0.1) is 5.92 Å². The molecule has 1 amide bonds. The molecule has 2 aliphatic rings. The van der Waals surface area contributed by atoms with Gasteiger partial charge in [0.2, 0.25) is 0 Å². The molecule has 26 heavy (non-hydrogen) atoms. The van der Waals surface area contributed by atoms with Crippen LogP contribution in [0.4, 0.5) is 5.69 Å². The van der Waals surface area contributed by atoms with Gasteiger partial charge in [0.15, 0.2) is 0 Å². The molecule has 3 rings (SSSR count). The number of carbonyl (C=O) groups is 1. The molecule has 6 nitrogen and oxygen atoms in total. The minimum Gasteiger partial charge on any atom is -0.492 e. The zero-order valence-corrected chi connectivity index (χ0v) is 15.8. The Balaban J connectivity index is 1.47. The summed E-state index contributed by atoms with van der Waals surface area (Å²) >= 11 is 0. The number of hydrogen-bond donors (Lipinski definition) is 1. The number of benzene rings is 1. The van der Waals surface area contributed by atoms with Gasteiger partial charge in [-0.25, -0.2) is 0 Å². The average Bonchev–Trinajstić information content (AvgIpc) is 3.50. The fraction of sp³-hybridized carbons (Fsp3) is 0.650. The van der Waals surface area contributed by atoms with Gasteiger partial charge in [0.25, 0.3) is 5.91 Å². The molecular formula is C20H30N2O4. The van der Waals surface area contributed by atoms with Crippen LogP contribution in [0.2, 0.25) is 0 Å². The van der Waals surface area contributed by atoms with Crippen LogP contribution >= 0.6 is 0 Å². The predicted octanol–water partition coefficient (Wildman–Crippen LogP) is 2.54. The van der Waals surface area contributed by atoms with Crippen molar-refractivity contribution in [3.63, 3.8) is 0 Å². The molecule has 1 heterocycles. The van der Waals surface area contributed by atoms with Gasteiger partial charge in [0.05, 0.1) is 13.2 Å². The van der Waals surface area contributed by atoms with Crippen LogP contribution in [0.1, 0.15) is 26.7 Å². The molecule has 1 aliphatic heterocycles. The summed E-state index contributed by atoms with van der Waals surface area (Å²) in [6.45, 7) is 9.44. The number of morpholine rings is 1. The van der Waals surface area contributed by atoms with Crippen LogP contribution in [0.25, 0.3) is 0 Å². The molecule has 0 spiro atoms. The van der Waals surface area contributed by atoms with Gasteiger partial charge in [-0.15, -0.1) is 0 Å². The number of hydrogen-bond acceptors (Lipinski definition) is 5. The van der Waals surface area contributed by atoms with Crippen LogP contribution in [-0.4, -0.2) is 62.5 Å². The first-order valence-electron chi connectivity index (χ1n) is 9.60. The first-order valence-corrected chi connectivity index (χ1v) is 9.60. The smallest absolute Gasteiger partial charge is 0.256 e. The summed E-state index contributed by atoms with van der Waals surface area (Å²) in [5.74, 6) is 1.07. The molecule has 144 valence electrons. The lowest BCUT2D eigenvalue weighted by Gasteiger charge is -2.28. The number of nitrogens with zero attached hydrogens (tertiary/aromatic N) is 1. The minimum absolute atomic E-state index is 0.0668. The number of nitrogens with one attached hydrogen (secondary N) is 1. The van der Waals surface area contributed by atoms with E-state index in [0.29, 0.717) is 19.1 Å². The van der Waals surface area contributed by atoms with E-state index in [1.807, 2.05) is 38.1 Å². The molecule has 1 aliphatic carbocycles. The van der Waals surface area contributed by atoms with E-state index in [-0.39, 0.29) is 5.91 Å². The predicted molar refractivity (Wildman–Crippen MR) is 101 cm³/mol. The minimum atomic E-state index is -0.734. The fourth-order valence-corrected chi connectivity index (χ4v) is 3.31. The van der Waals surface area contributed by atoms with Crippen molar-refractivity contribution in [2.45, 2.75) is 32.3 Å². The Labute approximate surface area is 155 Å². The zero-order chi connectivity index (χ0) is 18.4. The molecule has 1 aromatic rings. The van der Waals surface area contributed by atoms with Crippen LogP contribution < -0.4 is 10.1 Å². The van der Waals surface area contributed by atoms with Gasteiger partial charge in [0, 0.05) is 31.9 Å². The van der Waals surface area contributed by atoms with Gasteiger partial charge in [0.1, 0.15) is 18.0 Å². The van der Waals surface area contributed by atoms with Crippen molar-refractivity contribution in [3.05, 3.63) is 24.3 Å². The highest BCUT2D eigenvalue weighted by atomic mass is 16.5. The zero-order valence-electron chi connectivity index (χ0n) is 15.8. The Hall–Kier alpha value is -1.63. The van der Waals surface area contributed by atoms with E-state index >= 15 is 0 Å². The Morgan fingerprint density at radius 1 is 1.27 bits per heavy atom. The highest BCUT2D eigenvalue weighted by molar-refractivity contribution is 5.97. The topological polar surface area (TPSA) is 60.0 Å². The summed E-state index contributed by atoms with van der Waals surface area (Å²) < 4.78 is 16.9. The summed E-state index contributed by atoms with van der Waals surface area (Å²) in [4.78, 5) is 15.0. The second kappa shape index (κ2) is 8.84. The highest BCUT2D eigenvalue weighted by Gasteiger charge is 2.48. The molecule has 0 unspecified atom stereocenters. The molecule has 0 bridgehead atoms. The van der Waals surface area contributed by atoms with E-state index in [1.165, 1.54) is 0 Å². The molecule has 0 aromatic heterocycles. The monoisotopic (exact) mass is 362 g/mol. The van der Waals surface area contributed by atoms with Crippen molar-refractivity contribution < 1.29 is 19.0 Å².